The average molecular weight is 301 g/mol. The van der Waals surface area contributed by atoms with E-state index in [0.29, 0.717) is 12.8 Å². The molecule has 0 radical (unpaired) electrons. The molecule has 2 aliphatic carbocycles. The van der Waals surface area contributed by atoms with Gasteiger partial charge in [0.15, 0.2) is 0 Å². The molecule has 4 nitrogen and oxygen atoms in total. The summed E-state index contributed by atoms with van der Waals surface area (Å²) in [6.45, 7) is 0. The average Bonchev–Trinajstić information content (AvgIpc) is 2.93. The van der Waals surface area contributed by atoms with Gasteiger partial charge >= 0.3 is 5.97 Å². The quantitative estimate of drug-likeness (QED) is 0.877. The molecule has 22 heavy (non-hydrogen) atoms. The first-order valence-corrected chi connectivity index (χ1v) is 8.16. The first kappa shape index (κ1) is 15.1. The zero-order chi connectivity index (χ0) is 15.6. The zero-order valence-corrected chi connectivity index (χ0v) is 12.8. The predicted molar refractivity (Wildman–Crippen MR) is 83.3 cm³/mol. The van der Waals surface area contributed by atoms with E-state index in [1.807, 2.05) is 18.2 Å². The lowest BCUT2D eigenvalue weighted by atomic mass is 9.66. The minimum Gasteiger partial charge on any atom is -0.481 e. The largest absolute Gasteiger partial charge is 0.481 e. The Balaban J connectivity index is 1.75. The number of rotatable bonds is 5. The summed E-state index contributed by atoms with van der Waals surface area (Å²) in [6, 6.07) is 10.1. The second-order valence-electron chi connectivity index (χ2n) is 6.82. The Morgan fingerprint density at radius 2 is 1.64 bits per heavy atom. The van der Waals surface area contributed by atoms with E-state index < -0.39 is 11.4 Å². The molecule has 2 aliphatic rings. The SMILES string of the molecule is O=C(CC1(C(=O)O)CCC1)NC1(c2ccccc2)CCCC1. The van der Waals surface area contributed by atoms with Crippen molar-refractivity contribution in [3.63, 3.8) is 0 Å². The van der Waals surface area contributed by atoms with E-state index in [1.54, 1.807) is 0 Å². The minimum absolute atomic E-state index is 0.108. The van der Waals surface area contributed by atoms with Gasteiger partial charge in [-0.05, 0) is 31.2 Å². The fraction of sp³-hybridized carbons (Fsp3) is 0.556. The normalized spacial score (nSPS) is 21.8. The summed E-state index contributed by atoms with van der Waals surface area (Å²) in [6.07, 6.45) is 6.31. The topological polar surface area (TPSA) is 66.4 Å². The van der Waals surface area contributed by atoms with Gasteiger partial charge in [0.25, 0.3) is 0 Å². The zero-order valence-electron chi connectivity index (χ0n) is 12.8. The van der Waals surface area contributed by atoms with Gasteiger partial charge in [-0.3, -0.25) is 9.59 Å². The Morgan fingerprint density at radius 1 is 1.00 bits per heavy atom. The number of benzene rings is 1. The summed E-state index contributed by atoms with van der Waals surface area (Å²) < 4.78 is 0. The van der Waals surface area contributed by atoms with Crippen molar-refractivity contribution >= 4 is 11.9 Å². The maximum atomic E-state index is 12.5. The Bertz CT molecular complexity index is 557. The fourth-order valence-electron chi connectivity index (χ4n) is 3.91. The molecular formula is C18H23NO3. The van der Waals surface area contributed by atoms with Crippen LogP contribution in [0.4, 0.5) is 0 Å². The number of nitrogens with one attached hydrogen (secondary N) is 1. The fourth-order valence-corrected chi connectivity index (χ4v) is 3.91. The molecule has 1 aromatic carbocycles. The van der Waals surface area contributed by atoms with Crippen molar-refractivity contribution in [2.75, 3.05) is 0 Å². The van der Waals surface area contributed by atoms with Gasteiger partial charge in [0.1, 0.15) is 0 Å². The molecular weight excluding hydrogens is 278 g/mol. The van der Waals surface area contributed by atoms with Gasteiger partial charge in [0.2, 0.25) is 5.91 Å². The number of carbonyl (C=O) groups excluding carboxylic acids is 1. The first-order chi connectivity index (χ1) is 10.6. The van der Waals surface area contributed by atoms with Crippen LogP contribution in [0.3, 0.4) is 0 Å². The molecule has 3 rings (SSSR count). The van der Waals surface area contributed by atoms with Gasteiger partial charge in [0.05, 0.1) is 11.0 Å². The third kappa shape index (κ3) is 2.62. The summed E-state index contributed by atoms with van der Waals surface area (Å²) >= 11 is 0. The maximum Gasteiger partial charge on any atom is 0.310 e. The highest BCUT2D eigenvalue weighted by Gasteiger charge is 2.47. The highest BCUT2D eigenvalue weighted by molar-refractivity contribution is 5.86. The molecule has 118 valence electrons. The molecule has 0 heterocycles. The van der Waals surface area contributed by atoms with Crippen LogP contribution in [0, 0.1) is 5.41 Å². The van der Waals surface area contributed by atoms with Crippen molar-refractivity contribution in [3.05, 3.63) is 35.9 Å². The number of aliphatic carboxylic acids is 1. The summed E-state index contributed by atoms with van der Waals surface area (Å²) in [4.78, 5) is 24.0. The summed E-state index contributed by atoms with van der Waals surface area (Å²) in [5.41, 5.74) is 0.0151. The highest BCUT2D eigenvalue weighted by atomic mass is 16.4. The molecule has 1 amide bonds. The third-order valence-corrected chi connectivity index (χ3v) is 5.43. The molecule has 0 spiro atoms. The second kappa shape index (κ2) is 5.75. The Labute approximate surface area is 130 Å². The molecule has 0 bridgehead atoms. The first-order valence-electron chi connectivity index (χ1n) is 8.16. The molecule has 1 aromatic rings. The lowest BCUT2D eigenvalue weighted by Gasteiger charge is -2.39. The van der Waals surface area contributed by atoms with Crippen LogP contribution in [0.25, 0.3) is 0 Å². The molecule has 2 saturated carbocycles. The van der Waals surface area contributed by atoms with E-state index in [9.17, 15) is 14.7 Å². The van der Waals surface area contributed by atoms with Crippen molar-refractivity contribution in [2.45, 2.75) is 56.9 Å². The number of carboxylic acid groups (broad SMARTS) is 1. The van der Waals surface area contributed by atoms with Crippen LogP contribution in [-0.2, 0) is 15.1 Å². The lowest BCUT2D eigenvalue weighted by Crippen LogP contribution is -2.48. The number of amides is 1. The van der Waals surface area contributed by atoms with Crippen molar-refractivity contribution in [3.8, 4) is 0 Å². The summed E-state index contributed by atoms with van der Waals surface area (Å²) in [5, 5.41) is 12.6. The molecule has 0 unspecified atom stereocenters. The highest BCUT2D eigenvalue weighted by Crippen LogP contribution is 2.45. The standard InChI is InChI=1S/C18H23NO3/c20-15(13-17(16(21)22)9-6-10-17)19-18(11-4-5-12-18)14-7-2-1-3-8-14/h1-3,7-8H,4-6,9-13H2,(H,19,20)(H,21,22). The van der Waals surface area contributed by atoms with Gasteiger partial charge < -0.3 is 10.4 Å². The van der Waals surface area contributed by atoms with Crippen molar-refractivity contribution in [1.82, 2.24) is 5.32 Å². The van der Waals surface area contributed by atoms with Gasteiger partial charge in [-0.2, -0.15) is 0 Å². The van der Waals surface area contributed by atoms with E-state index in [1.165, 1.54) is 0 Å². The number of hydrogen-bond acceptors (Lipinski definition) is 2. The van der Waals surface area contributed by atoms with E-state index >= 15 is 0 Å². The third-order valence-electron chi connectivity index (χ3n) is 5.43. The van der Waals surface area contributed by atoms with Gasteiger partial charge in [-0.25, -0.2) is 0 Å². The summed E-state index contributed by atoms with van der Waals surface area (Å²) in [5.74, 6) is -0.943. The molecule has 0 saturated heterocycles. The van der Waals surface area contributed by atoms with E-state index in [-0.39, 0.29) is 17.9 Å². The molecule has 0 aromatic heterocycles. The number of hydrogen-bond donors (Lipinski definition) is 2. The van der Waals surface area contributed by atoms with E-state index in [2.05, 4.69) is 17.4 Å². The maximum absolute atomic E-state index is 12.5. The number of carboxylic acids is 1. The van der Waals surface area contributed by atoms with Gasteiger partial charge in [0, 0.05) is 6.42 Å². The van der Waals surface area contributed by atoms with Crippen molar-refractivity contribution < 1.29 is 14.7 Å². The van der Waals surface area contributed by atoms with Crippen molar-refractivity contribution in [2.24, 2.45) is 5.41 Å². The predicted octanol–water partition coefficient (Wildman–Crippen LogP) is 3.22. The van der Waals surface area contributed by atoms with Gasteiger partial charge in [-0.1, -0.05) is 49.6 Å². The van der Waals surface area contributed by atoms with Crippen LogP contribution < -0.4 is 5.32 Å². The van der Waals surface area contributed by atoms with Crippen LogP contribution in [0.5, 0.6) is 0 Å². The van der Waals surface area contributed by atoms with Crippen LogP contribution in [0.1, 0.15) is 56.9 Å². The molecule has 4 heteroatoms. The Hall–Kier alpha value is -1.84. The number of carbonyl (C=O) groups is 2. The van der Waals surface area contributed by atoms with Crippen molar-refractivity contribution in [1.29, 1.82) is 0 Å². The molecule has 2 fully saturated rings. The van der Waals surface area contributed by atoms with E-state index in [0.717, 1.165) is 37.7 Å². The van der Waals surface area contributed by atoms with Crippen LogP contribution in [-0.4, -0.2) is 17.0 Å². The van der Waals surface area contributed by atoms with Gasteiger partial charge in [-0.15, -0.1) is 0 Å². The second-order valence-corrected chi connectivity index (χ2v) is 6.82. The monoisotopic (exact) mass is 301 g/mol. The van der Waals surface area contributed by atoms with Crippen LogP contribution in [0.2, 0.25) is 0 Å². The molecule has 0 atom stereocenters. The Kier molecular flexibility index (Phi) is 3.94. The van der Waals surface area contributed by atoms with Crippen LogP contribution >= 0.6 is 0 Å². The molecule has 0 aliphatic heterocycles. The van der Waals surface area contributed by atoms with Crippen LogP contribution in [0.15, 0.2) is 30.3 Å². The Morgan fingerprint density at radius 3 is 2.14 bits per heavy atom. The smallest absolute Gasteiger partial charge is 0.310 e. The lowest BCUT2D eigenvalue weighted by molar-refractivity contribution is -0.158. The summed E-state index contributed by atoms with van der Waals surface area (Å²) in [7, 11) is 0. The van der Waals surface area contributed by atoms with E-state index in [4.69, 9.17) is 0 Å². The molecule has 2 N–H and O–H groups in total. The minimum atomic E-state index is -0.825.